The van der Waals surface area contributed by atoms with Gasteiger partial charge in [-0.2, -0.15) is 0 Å². The Hall–Kier alpha value is -2.69. The van der Waals surface area contributed by atoms with Gasteiger partial charge in [0.15, 0.2) is 5.78 Å². The monoisotopic (exact) mass is 274 g/mol. The van der Waals surface area contributed by atoms with Crippen LogP contribution in [0, 0.1) is 11.6 Å². The Labute approximate surface area is 114 Å². The van der Waals surface area contributed by atoms with E-state index in [0.29, 0.717) is 11.8 Å². The molecule has 20 heavy (non-hydrogen) atoms. The summed E-state index contributed by atoms with van der Waals surface area (Å²) in [5, 5.41) is 2.79. The van der Waals surface area contributed by atoms with Crippen LogP contribution in [-0.4, -0.2) is 5.78 Å². The van der Waals surface area contributed by atoms with Crippen molar-refractivity contribution in [3.8, 4) is 0 Å². The largest absolute Gasteiger partial charge is 0.385 e. The number of rotatable bonds is 4. The molecule has 0 spiro atoms. The Balaban J connectivity index is 2.15. The highest BCUT2D eigenvalue weighted by molar-refractivity contribution is 6.05. The first-order valence-electron chi connectivity index (χ1n) is 5.85. The summed E-state index contributed by atoms with van der Waals surface area (Å²) in [6, 6.07) is 11.7. The summed E-state index contributed by atoms with van der Waals surface area (Å²) >= 11 is 0. The van der Waals surface area contributed by atoms with Crippen molar-refractivity contribution >= 4 is 11.5 Å². The van der Waals surface area contributed by atoms with E-state index < -0.39 is 17.4 Å². The summed E-state index contributed by atoms with van der Waals surface area (Å²) in [4.78, 5) is 11.8. The molecule has 0 amide bonds. The van der Waals surface area contributed by atoms with Crippen molar-refractivity contribution in [1.29, 1.82) is 0 Å². The first-order valence-corrected chi connectivity index (χ1v) is 5.85. The Morgan fingerprint density at radius 2 is 1.80 bits per heavy atom. The predicted molar refractivity (Wildman–Crippen MR) is 73.0 cm³/mol. The molecule has 0 aliphatic carbocycles. The van der Waals surface area contributed by atoms with E-state index in [2.05, 4.69) is 5.32 Å². The number of benzene rings is 2. The maximum Gasteiger partial charge on any atom is 0.192 e. The van der Waals surface area contributed by atoms with Gasteiger partial charge in [-0.25, -0.2) is 8.78 Å². The van der Waals surface area contributed by atoms with Gasteiger partial charge in [0.1, 0.15) is 17.5 Å². The number of halogens is 2. The van der Waals surface area contributed by atoms with E-state index in [-0.39, 0.29) is 11.4 Å². The normalized spacial score (nSPS) is 11.2. The maximum atomic E-state index is 13.4. The topological polar surface area (TPSA) is 55.1 Å². The van der Waals surface area contributed by atoms with Crippen molar-refractivity contribution in [1.82, 2.24) is 0 Å². The number of allylic oxidation sites excluding steroid dienone is 1. The van der Waals surface area contributed by atoms with Gasteiger partial charge in [-0.05, 0) is 24.3 Å². The maximum absolute atomic E-state index is 13.4. The fourth-order valence-corrected chi connectivity index (χ4v) is 1.63. The van der Waals surface area contributed by atoms with E-state index in [1.54, 1.807) is 24.3 Å². The molecule has 0 radical (unpaired) electrons. The highest BCUT2D eigenvalue weighted by atomic mass is 19.1. The second kappa shape index (κ2) is 5.97. The Kier molecular flexibility index (Phi) is 4.10. The van der Waals surface area contributed by atoms with Gasteiger partial charge in [-0.3, -0.25) is 4.79 Å². The third-order valence-corrected chi connectivity index (χ3v) is 2.55. The van der Waals surface area contributed by atoms with Crippen LogP contribution in [0.3, 0.4) is 0 Å². The molecule has 2 aromatic rings. The summed E-state index contributed by atoms with van der Waals surface area (Å²) in [7, 11) is 0. The summed E-state index contributed by atoms with van der Waals surface area (Å²) in [5.41, 5.74) is 6.13. The Bertz CT molecular complexity index is 654. The van der Waals surface area contributed by atoms with Crippen LogP contribution in [0.1, 0.15) is 10.4 Å². The minimum absolute atomic E-state index is 0.0740. The van der Waals surface area contributed by atoms with Gasteiger partial charge >= 0.3 is 0 Å². The summed E-state index contributed by atoms with van der Waals surface area (Å²) in [6.45, 7) is 0. The Morgan fingerprint density at radius 3 is 2.45 bits per heavy atom. The summed E-state index contributed by atoms with van der Waals surface area (Å²) in [5.74, 6) is -2.22. The number of carbonyl (C=O) groups is 1. The zero-order chi connectivity index (χ0) is 14.5. The van der Waals surface area contributed by atoms with Gasteiger partial charge in [0.05, 0.1) is 5.56 Å². The molecule has 3 nitrogen and oxygen atoms in total. The van der Waals surface area contributed by atoms with Gasteiger partial charge in [0.2, 0.25) is 0 Å². The molecular weight excluding hydrogens is 262 g/mol. The summed E-state index contributed by atoms with van der Waals surface area (Å²) < 4.78 is 26.2. The fraction of sp³-hybridized carbons (Fsp3) is 0. The molecule has 2 rings (SSSR count). The first-order chi connectivity index (χ1) is 9.56. The van der Waals surface area contributed by atoms with Gasteiger partial charge in [0, 0.05) is 17.8 Å². The van der Waals surface area contributed by atoms with Crippen molar-refractivity contribution in [3.63, 3.8) is 0 Å². The van der Waals surface area contributed by atoms with E-state index in [1.807, 2.05) is 6.07 Å². The molecular formula is C15H12F2N2O. The van der Waals surface area contributed by atoms with Gasteiger partial charge in [0.25, 0.3) is 0 Å². The van der Waals surface area contributed by atoms with Crippen molar-refractivity contribution in [2.75, 3.05) is 5.32 Å². The second-order valence-electron chi connectivity index (χ2n) is 4.08. The van der Waals surface area contributed by atoms with Crippen molar-refractivity contribution in [2.45, 2.75) is 0 Å². The fourth-order valence-electron chi connectivity index (χ4n) is 1.63. The third kappa shape index (κ3) is 3.41. The number of carbonyl (C=O) groups excluding carboxylic acids is 1. The van der Waals surface area contributed by atoms with Crippen LogP contribution in [0.5, 0.6) is 0 Å². The zero-order valence-electron chi connectivity index (χ0n) is 10.4. The molecule has 2 aromatic carbocycles. The molecule has 102 valence electrons. The number of ketones is 1. The standard InChI is InChI=1S/C15H12F2N2O/c16-10-6-7-12(13(17)8-10)14(20)9-15(18)19-11-4-2-1-3-5-11/h1-9,19H,18H2. The predicted octanol–water partition coefficient (Wildman–Crippen LogP) is 3.06. The smallest absolute Gasteiger partial charge is 0.192 e. The first kappa shape index (κ1) is 13.7. The molecule has 0 aliphatic rings. The van der Waals surface area contributed by atoms with E-state index >= 15 is 0 Å². The van der Waals surface area contributed by atoms with Gasteiger partial charge < -0.3 is 11.1 Å². The number of nitrogens with two attached hydrogens (primary N) is 1. The van der Waals surface area contributed by atoms with Gasteiger partial charge in [-0.15, -0.1) is 0 Å². The lowest BCUT2D eigenvalue weighted by Crippen LogP contribution is -2.12. The number of para-hydroxylation sites is 1. The number of hydrogen-bond acceptors (Lipinski definition) is 3. The molecule has 0 saturated heterocycles. The highest BCUT2D eigenvalue weighted by Gasteiger charge is 2.10. The molecule has 0 unspecified atom stereocenters. The van der Waals surface area contributed by atoms with Crippen LogP contribution in [0.25, 0.3) is 0 Å². The molecule has 0 aromatic heterocycles. The number of anilines is 1. The molecule has 3 N–H and O–H groups in total. The minimum Gasteiger partial charge on any atom is -0.385 e. The van der Waals surface area contributed by atoms with Crippen molar-refractivity contribution in [3.05, 3.63) is 77.6 Å². The van der Waals surface area contributed by atoms with Crippen LogP contribution < -0.4 is 11.1 Å². The quantitative estimate of drug-likeness (QED) is 0.665. The average Bonchev–Trinajstić information content (AvgIpc) is 2.39. The highest BCUT2D eigenvalue weighted by Crippen LogP contribution is 2.12. The average molecular weight is 274 g/mol. The second-order valence-corrected chi connectivity index (χ2v) is 4.08. The van der Waals surface area contributed by atoms with Crippen LogP contribution in [0.4, 0.5) is 14.5 Å². The lowest BCUT2D eigenvalue weighted by Gasteiger charge is -2.06. The Morgan fingerprint density at radius 1 is 1.10 bits per heavy atom. The molecule has 0 aliphatic heterocycles. The number of hydrogen-bond donors (Lipinski definition) is 2. The SMILES string of the molecule is NC(=CC(=O)c1ccc(F)cc1F)Nc1ccccc1. The van der Waals surface area contributed by atoms with E-state index in [9.17, 15) is 13.6 Å². The van der Waals surface area contributed by atoms with Crippen LogP contribution in [0.2, 0.25) is 0 Å². The van der Waals surface area contributed by atoms with E-state index in [0.717, 1.165) is 18.2 Å². The van der Waals surface area contributed by atoms with Crippen LogP contribution in [-0.2, 0) is 0 Å². The van der Waals surface area contributed by atoms with Crippen LogP contribution >= 0.6 is 0 Å². The summed E-state index contributed by atoms with van der Waals surface area (Å²) in [6.07, 6.45) is 1.06. The lowest BCUT2D eigenvalue weighted by atomic mass is 10.1. The minimum atomic E-state index is -0.918. The van der Waals surface area contributed by atoms with Crippen molar-refractivity contribution < 1.29 is 13.6 Å². The van der Waals surface area contributed by atoms with E-state index in [4.69, 9.17) is 5.73 Å². The lowest BCUT2D eigenvalue weighted by molar-refractivity contribution is 0.104. The molecule has 5 heteroatoms. The third-order valence-electron chi connectivity index (χ3n) is 2.55. The molecule has 0 heterocycles. The molecule has 0 atom stereocenters. The van der Waals surface area contributed by atoms with Crippen molar-refractivity contribution in [2.24, 2.45) is 5.73 Å². The molecule has 0 bridgehead atoms. The molecule has 0 saturated carbocycles. The number of nitrogens with one attached hydrogen (secondary N) is 1. The molecule has 0 fully saturated rings. The van der Waals surface area contributed by atoms with Gasteiger partial charge in [-0.1, -0.05) is 18.2 Å². The van der Waals surface area contributed by atoms with E-state index in [1.165, 1.54) is 0 Å². The zero-order valence-corrected chi connectivity index (χ0v) is 10.4. The van der Waals surface area contributed by atoms with Crippen LogP contribution in [0.15, 0.2) is 60.4 Å².